The Morgan fingerprint density at radius 1 is 1.28 bits per heavy atom. The number of fused-ring (bicyclic) bond motifs is 1. The number of aliphatic hydroxyl groups excluding tert-OH is 1. The molecule has 0 saturated carbocycles. The van der Waals surface area contributed by atoms with Gasteiger partial charge in [-0.25, -0.2) is 4.98 Å². The molecule has 0 saturated heterocycles. The molecule has 0 fully saturated rings. The summed E-state index contributed by atoms with van der Waals surface area (Å²) in [5, 5.41) is 21.5. The van der Waals surface area contributed by atoms with Gasteiger partial charge in [0, 0.05) is 13.2 Å². The van der Waals surface area contributed by atoms with Crippen molar-refractivity contribution in [2.45, 2.75) is 30.3 Å². The summed E-state index contributed by atoms with van der Waals surface area (Å²) in [6.45, 7) is 1.97. The summed E-state index contributed by atoms with van der Waals surface area (Å²) in [4.78, 5) is 30.1. The molecule has 7 nitrogen and oxygen atoms in total. The van der Waals surface area contributed by atoms with E-state index in [1.165, 1.54) is 16.3 Å². The number of nitrogens with zero attached hydrogens (tertiary/aromatic N) is 3. The number of carbonyl (C=O) groups excluding carboxylic acids is 1. The fourth-order valence-corrected chi connectivity index (χ4v) is 3.73. The molecule has 0 bridgehead atoms. The van der Waals surface area contributed by atoms with Gasteiger partial charge in [0.05, 0.1) is 27.4 Å². The third kappa shape index (κ3) is 4.65. The Morgan fingerprint density at radius 2 is 2.00 bits per heavy atom. The SMILES string of the molecule is C[C@H](Sc1nc2ccccc2c(=O)n1CCCO)C(=O)Nc1ccccc1C#N. The van der Waals surface area contributed by atoms with Gasteiger partial charge in [-0.3, -0.25) is 14.2 Å². The zero-order chi connectivity index (χ0) is 20.8. The van der Waals surface area contributed by atoms with Crippen LogP contribution in [-0.4, -0.2) is 32.4 Å². The van der Waals surface area contributed by atoms with E-state index in [2.05, 4.69) is 10.3 Å². The molecule has 1 heterocycles. The molecular weight excluding hydrogens is 388 g/mol. The minimum absolute atomic E-state index is 0.0512. The first-order chi connectivity index (χ1) is 14.0. The van der Waals surface area contributed by atoms with Gasteiger partial charge in [0.2, 0.25) is 5.91 Å². The van der Waals surface area contributed by atoms with E-state index in [9.17, 15) is 20.0 Å². The van der Waals surface area contributed by atoms with Crippen molar-refractivity contribution in [1.82, 2.24) is 9.55 Å². The summed E-state index contributed by atoms with van der Waals surface area (Å²) in [7, 11) is 0. The predicted octanol–water partition coefficient (Wildman–Crippen LogP) is 2.77. The summed E-state index contributed by atoms with van der Waals surface area (Å²) >= 11 is 1.17. The molecule has 1 atom stereocenters. The molecular formula is C21H20N4O3S. The van der Waals surface area contributed by atoms with Crippen LogP contribution in [-0.2, 0) is 11.3 Å². The quantitative estimate of drug-likeness (QED) is 0.460. The minimum Gasteiger partial charge on any atom is -0.396 e. The Morgan fingerprint density at radius 3 is 2.76 bits per heavy atom. The number of anilines is 1. The van der Waals surface area contributed by atoms with E-state index >= 15 is 0 Å². The fraction of sp³-hybridized carbons (Fsp3) is 0.238. The molecule has 29 heavy (non-hydrogen) atoms. The number of thioether (sulfide) groups is 1. The molecule has 1 aromatic heterocycles. The molecule has 0 spiro atoms. The highest BCUT2D eigenvalue weighted by molar-refractivity contribution is 8.00. The van der Waals surface area contributed by atoms with Crippen LogP contribution in [0.5, 0.6) is 0 Å². The maximum absolute atomic E-state index is 12.9. The average Bonchev–Trinajstić information content (AvgIpc) is 2.74. The molecule has 0 aliphatic heterocycles. The summed E-state index contributed by atoms with van der Waals surface area (Å²) in [6.07, 6.45) is 0.406. The van der Waals surface area contributed by atoms with E-state index in [0.717, 1.165) is 0 Å². The Bertz CT molecular complexity index is 1140. The molecule has 148 valence electrons. The van der Waals surface area contributed by atoms with Gasteiger partial charge in [0.25, 0.3) is 5.56 Å². The number of carbonyl (C=O) groups is 1. The van der Waals surface area contributed by atoms with E-state index in [1.54, 1.807) is 55.5 Å². The molecule has 0 aliphatic carbocycles. The number of rotatable bonds is 7. The van der Waals surface area contributed by atoms with Crippen LogP contribution < -0.4 is 10.9 Å². The van der Waals surface area contributed by atoms with Gasteiger partial charge in [0.1, 0.15) is 6.07 Å². The topological polar surface area (TPSA) is 108 Å². The predicted molar refractivity (Wildman–Crippen MR) is 113 cm³/mol. The van der Waals surface area contributed by atoms with Crippen LogP contribution in [0, 0.1) is 11.3 Å². The summed E-state index contributed by atoms with van der Waals surface area (Å²) in [5.41, 5.74) is 1.18. The Labute approximate surface area is 172 Å². The third-order valence-electron chi connectivity index (χ3n) is 4.32. The lowest BCUT2D eigenvalue weighted by atomic mass is 10.2. The molecule has 3 aromatic rings. The first kappa shape index (κ1) is 20.6. The van der Waals surface area contributed by atoms with Crippen molar-refractivity contribution in [3.05, 3.63) is 64.4 Å². The monoisotopic (exact) mass is 408 g/mol. The van der Waals surface area contributed by atoms with E-state index in [1.807, 2.05) is 6.07 Å². The zero-order valence-electron chi connectivity index (χ0n) is 15.8. The van der Waals surface area contributed by atoms with Gasteiger partial charge in [-0.1, -0.05) is 36.0 Å². The van der Waals surface area contributed by atoms with Crippen molar-refractivity contribution in [1.29, 1.82) is 5.26 Å². The highest BCUT2D eigenvalue weighted by Gasteiger charge is 2.20. The van der Waals surface area contributed by atoms with Crippen molar-refractivity contribution < 1.29 is 9.90 Å². The van der Waals surface area contributed by atoms with Crippen molar-refractivity contribution in [3.63, 3.8) is 0 Å². The summed E-state index contributed by atoms with van der Waals surface area (Å²) < 4.78 is 1.50. The fourth-order valence-electron chi connectivity index (χ4n) is 2.80. The highest BCUT2D eigenvalue weighted by atomic mass is 32.2. The second-order valence-corrected chi connectivity index (χ2v) is 7.66. The number of benzene rings is 2. The Balaban J connectivity index is 1.89. The van der Waals surface area contributed by atoms with Crippen LogP contribution in [0.15, 0.2) is 58.5 Å². The molecule has 3 rings (SSSR count). The van der Waals surface area contributed by atoms with Gasteiger partial charge in [-0.05, 0) is 37.6 Å². The van der Waals surface area contributed by atoms with Gasteiger partial charge < -0.3 is 10.4 Å². The first-order valence-corrected chi connectivity index (χ1v) is 10.00. The number of hydrogen-bond donors (Lipinski definition) is 2. The van der Waals surface area contributed by atoms with Gasteiger partial charge in [-0.2, -0.15) is 5.26 Å². The molecule has 8 heteroatoms. The van der Waals surface area contributed by atoms with E-state index in [0.29, 0.717) is 40.3 Å². The van der Waals surface area contributed by atoms with E-state index in [-0.39, 0.29) is 18.1 Å². The third-order valence-corrected chi connectivity index (χ3v) is 5.41. The number of aliphatic hydroxyl groups is 1. The van der Waals surface area contributed by atoms with Crippen molar-refractivity contribution in [2.75, 3.05) is 11.9 Å². The Hall–Kier alpha value is -3.15. The second kappa shape index (κ2) is 9.37. The summed E-state index contributed by atoms with van der Waals surface area (Å²) in [5.74, 6) is -0.297. The largest absolute Gasteiger partial charge is 0.396 e. The van der Waals surface area contributed by atoms with Crippen LogP contribution in [0.1, 0.15) is 18.9 Å². The molecule has 0 radical (unpaired) electrons. The van der Waals surface area contributed by atoms with Crippen LogP contribution in [0.4, 0.5) is 5.69 Å². The first-order valence-electron chi connectivity index (χ1n) is 9.12. The average molecular weight is 408 g/mol. The molecule has 2 N–H and O–H groups in total. The van der Waals surface area contributed by atoms with Crippen molar-refractivity contribution >= 4 is 34.3 Å². The van der Waals surface area contributed by atoms with E-state index < -0.39 is 5.25 Å². The molecule has 1 amide bonds. The number of hydrogen-bond acceptors (Lipinski definition) is 6. The lowest BCUT2D eigenvalue weighted by molar-refractivity contribution is -0.115. The van der Waals surface area contributed by atoms with Gasteiger partial charge in [-0.15, -0.1) is 0 Å². The zero-order valence-corrected chi connectivity index (χ0v) is 16.6. The van der Waals surface area contributed by atoms with Crippen molar-refractivity contribution in [2.24, 2.45) is 0 Å². The minimum atomic E-state index is -0.560. The van der Waals surface area contributed by atoms with Crippen LogP contribution >= 0.6 is 11.8 Å². The second-order valence-electron chi connectivity index (χ2n) is 6.35. The number of nitrogens with one attached hydrogen (secondary N) is 1. The highest BCUT2D eigenvalue weighted by Crippen LogP contribution is 2.24. The Kier molecular flexibility index (Phi) is 6.65. The van der Waals surface area contributed by atoms with Crippen LogP contribution in [0.2, 0.25) is 0 Å². The van der Waals surface area contributed by atoms with Crippen molar-refractivity contribution in [3.8, 4) is 6.07 Å². The molecule has 0 unspecified atom stereocenters. The normalized spacial score (nSPS) is 11.8. The number of para-hydroxylation sites is 2. The van der Waals surface area contributed by atoms with Crippen LogP contribution in [0.25, 0.3) is 10.9 Å². The number of amides is 1. The van der Waals surface area contributed by atoms with E-state index in [4.69, 9.17) is 0 Å². The lowest BCUT2D eigenvalue weighted by Gasteiger charge is -2.16. The molecule has 0 aliphatic rings. The number of aromatic nitrogens is 2. The van der Waals surface area contributed by atoms with Crippen LogP contribution in [0.3, 0.4) is 0 Å². The standard InChI is InChI=1S/C21H20N4O3S/c1-14(19(27)23-17-9-4-2-7-15(17)13-22)29-21-24-18-10-5-3-8-16(18)20(28)25(21)11-6-12-26/h2-5,7-10,14,26H,6,11-12H2,1H3,(H,23,27)/t14-/m0/s1. The smallest absolute Gasteiger partial charge is 0.262 e. The van der Waals surface area contributed by atoms with Gasteiger partial charge in [0.15, 0.2) is 5.16 Å². The number of nitriles is 1. The maximum atomic E-state index is 12.9. The van der Waals surface area contributed by atoms with Gasteiger partial charge >= 0.3 is 0 Å². The summed E-state index contributed by atoms with van der Waals surface area (Å²) in [6, 6.07) is 15.9. The maximum Gasteiger partial charge on any atom is 0.262 e. The lowest BCUT2D eigenvalue weighted by Crippen LogP contribution is -2.27. The molecule has 2 aromatic carbocycles.